The van der Waals surface area contributed by atoms with E-state index in [-0.39, 0.29) is 18.8 Å². The Kier molecular flexibility index (Phi) is 4.84. The maximum atomic E-state index is 12.1. The number of Topliss-reactive ketones (excluding diaryl/α,β-unsaturated/α-hetero) is 1. The second-order valence-corrected chi connectivity index (χ2v) is 4.40. The fourth-order valence-corrected chi connectivity index (χ4v) is 2.11. The molecule has 0 aromatic carbocycles. The Bertz CT molecular complexity index is 395. The van der Waals surface area contributed by atoms with Crippen molar-refractivity contribution < 1.29 is 19.4 Å². The number of ketones is 1. The molecular weight excluding hydrogens is 232 g/mol. The Morgan fingerprint density at radius 2 is 2.11 bits per heavy atom. The fraction of sp³-hybridized carbons (Fsp3) is 0.571. The van der Waals surface area contributed by atoms with Crippen molar-refractivity contribution in [3.8, 4) is 0 Å². The molecule has 18 heavy (non-hydrogen) atoms. The third-order valence-electron chi connectivity index (χ3n) is 3.14. The summed E-state index contributed by atoms with van der Waals surface area (Å²) in [5, 5.41) is 10.6. The molecule has 0 fully saturated rings. The quantitative estimate of drug-likeness (QED) is 0.758. The van der Waals surface area contributed by atoms with Gasteiger partial charge in [0.05, 0.1) is 6.61 Å². The molecule has 0 radical (unpaired) electrons. The smallest absolute Gasteiger partial charge is 0.316 e. The second kappa shape index (κ2) is 5.96. The van der Waals surface area contributed by atoms with E-state index in [1.165, 1.54) is 6.08 Å². The number of allylic oxidation sites excluding steroid dienone is 2. The lowest BCUT2D eigenvalue weighted by atomic mass is 9.74. The van der Waals surface area contributed by atoms with E-state index in [2.05, 4.69) is 0 Å². The number of rotatable bonds is 5. The van der Waals surface area contributed by atoms with Gasteiger partial charge in [0.1, 0.15) is 5.92 Å². The molecule has 0 bridgehead atoms. The Morgan fingerprint density at radius 3 is 2.67 bits per heavy atom. The monoisotopic (exact) mass is 252 g/mol. The van der Waals surface area contributed by atoms with Crippen LogP contribution in [0.4, 0.5) is 0 Å². The lowest BCUT2D eigenvalue weighted by Crippen LogP contribution is -2.50. The van der Waals surface area contributed by atoms with Crippen LogP contribution in [-0.2, 0) is 14.3 Å². The van der Waals surface area contributed by atoms with E-state index in [1.54, 1.807) is 26.0 Å². The van der Waals surface area contributed by atoms with E-state index >= 15 is 0 Å². The number of hydrogen-bond acceptors (Lipinski definition) is 4. The van der Waals surface area contributed by atoms with Crippen LogP contribution in [-0.4, -0.2) is 29.1 Å². The maximum absolute atomic E-state index is 12.1. The summed E-state index contributed by atoms with van der Waals surface area (Å²) in [5.74, 6) is -1.84. The molecule has 0 saturated heterocycles. The zero-order chi connectivity index (χ0) is 13.8. The van der Waals surface area contributed by atoms with Gasteiger partial charge in [0, 0.05) is 6.42 Å². The summed E-state index contributed by atoms with van der Waals surface area (Å²) in [6, 6.07) is 0. The van der Waals surface area contributed by atoms with Crippen LogP contribution in [0.25, 0.3) is 0 Å². The molecule has 0 aromatic rings. The Labute approximate surface area is 107 Å². The largest absolute Gasteiger partial charge is 0.465 e. The Morgan fingerprint density at radius 1 is 1.44 bits per heavy atom. The minimum Gasteiger partial charge on any atom is -0.465 e. The van der Waals surface area contributed by atoms with Crippen LogP contribution in [0.15, 0.2) is 23.8 Å². The van der Waals surface area contributed by atoms with Gasteiger partial charge in [-0.1, -0.05) is 25.2 Å². The van der Waals surface area contributed by atoms with Gasteiger partial charge in [-0.25, -0.2) is 0 Å². The molecule has 1 N–H and O–H groups in total. The number of aliphatic hydroxyl groups is 1. The van der Waals surface area contributed by atoms with Crippen LogP contribution in [0.2, 0.25) is 0 Å². The highest BCUT2D eigenvalue weighted by Crippen LogP contribution is 2.34. The summed E-state index contributed by atoms with van der Waals surface area (Å²) in [6.07, 6.45) is 5.73. The first kappa shape index (κ1) is 14.6. The summed E-state index contributed by atoms with van der Waals surface area (Å²) in [7, 11) is 0. The topological polar surface area (TPSA) is 63.6 Å². The molecule has 4 heteroatoms. The molecule has 100 valence electrons. The number of esters is 1. The van der Waals surface area contributed by atoms with Gasteiger partial charge in [0.25, 0.3) is 0 Å². The summed E-state index contributed by atoms with van der Waals surface area (Å²) < 4.78 is 4.92. The zero-order valence-electron chi connectivity index (χ0n) is 11.1. The molecule has 0 aliphatic heterocycles. The van der Waals surface area contributed by atoms with E-state index in [1.807, 2.05) is 6.92 Å². The van der Waals surface area contributed by atoms with E-state index < -0.39 is 17.5 Å². The van der Waals surface area contributed by atoms with Crippen molar-refractivity contribution in [3.63, 3.8) is 0 Å². The Hall–Kier alpha value is -1.42. The molecule has 4 nitrogen and oxygen atoms in total. The van der Waals surface area contributed by atoms with Crippen LogP contribution in [0.1, 0.15) is 33.6 Å². The summed E-state index contributed by atoms with van der Waals surface area (Å²) in [6.45, 7) is 5.44. The third kappa shape index (κ3) is 2.53. The van der Waals surface area contributed by atoms with Crippen molar-refractivity contribution >= 4 is 11.8 Å². The molecule has 0 spiro atoms. The first-order valence-corrected chi connectivity index (χ1v) is 6.26. The molecule has 0 heterocycles. The third-order valence-corrected chi connectivity index (χ3v) is 3.14. The minimum atomic E-state index is -1.75. The van der Waals surface area contributed by atoms with Gasteiger partial charge in [0.15, 0.2) is 11.4 Å². The standard InChI is InChI=1S/C14H20O4/c1-4-7-12(15)14(17)10(3)8-6-9-11(14)13(16)18-5-2/h6,8-9,11,17H,4-5,7H2,1-3H3. The number of carbonyl (C=O) groups excluding carboxylic acids is 2. The molecular formula is C14H20O4. The molecule has 2 unspecified atom stereocenters. The van der Waals surface area contributed by atoms with Crippen molar-refractivity contribution in [2.24, 2.45) is 5.92 Å². The average molecular weight is 252 g/mol. The van der Waals surface area contributed by atoms with Crippen LogP contribution in [0.5, 0.6) is 0 Å². The fourth-order valence-electron chi connectivity index (χ4n) is 2.11. The molecule has 0 aromatic heterocycles. The molecule has 1 aliphatic carbocycles. The van der Waals surface area contributed by atoms with Gasteiger partial charge < -0.3 is 9.84 Å². The Balaban J connectivity index is 3.08. The maximum Gasteiger partial charge on any atom is 0.316 e. The van der Waals surface area contributed by atoms with E-state index in [0.29, 0.717) is 12.0 Å². The lowest BCUT2D eigenvalue weighted by Gasteiger charge is -2.34. The predicted octanol–water partition coefficient (Wildman–Crippen LogP) is 1.78. The van der Waals surface area contributed by atoms with Crippen molar-refractivity contribution in [2.45, 2.75) is 39.2 Å². The van der Waals surface area contributed by atoms with Crippen molar-refractivity contribution in [2.75, 3.05) is 6.61 Å². The molecule has 2 atom stereocenters. The highest BCUT2D eigenvalue weighted by Gasteiger charge is 2.48. The van der Waals surface area contributed by atoms with Crippen molar-refractivity contribution in [1.82, 2.24) is 0 Å². The van der Waals surface area contributed by atoms with Gasteiger partial charge in [0.2, 0.25) is 0 Å². The highest BCUT2D eigenvalue weighted by atomic mass is 16.5. The first-order valence-electron chi connectivity index (χ1n) is 6.26. The van der Waals surface area contributed by atoms with Crippen LogP contribution in [0.3, 0.4) is 0 Å². The van der Waals surface area contributed by atoms with Crippen molar-refractivity contribution in [3.05, 3.63) is 23.8 Å². The van der Waals surface area contributed by atoms with Gasteiger partial charge >= 0.3 is 5.97 Å². The number of carbonyl (C=O) groups is 2. The van der Waals surface area contributed by atoms with Crippen LogP contribution >= 0.6 is 0 Å². The minimum absolute atomic E-state index is 0.226. The first-order chi connectivity index (χ1) is 8.48. The number of ether oxygens (including phenoxy) is 1. The van der Waals surface area contributed by atoms with Crippen LogP contribution in [0, 0.1) is 5.92 Å². The van der Waals surface area contributed by atoms with E-state index in [4.69, 9.17) is 4.74 Å². The number of hydrogen-bond donors (Lipinski definition) is 1. The average Bonchev–Trinajstić information content (AvgIpc) is 2.33. The molecule has 1 rings (SSSR count). The van der Waals surface area contributed by atoms with E-state index in [0.717, 1.165) is 0 Å². The van der Waals surface area contributed by atoms with Gasteiger partial charge in [-0.15, -0.1) is 0 Å². The summed E-state index contributed by atoms with van der Waals surface area (Å²) in [5.41, 5.74) is -1.27. The van der Waals surface area contributed by atoms with E-state index in [9.17, 15) is 14.7 Å². The van der Waals surface area contributed by atoms with Crippen LogP contribution < -0.4 is 0 Å². The van der Waals surface area contributed by atoms with Crippen molar-refractivity contribution in [1.29, 1.82) is 0 Å². The molecule has 0 saturated carbocycles. The van der Waals surface area contributed by atoms with Gasteiger partial charge in [-0.2, -0.15) is 0 Å². The predicted molar refractivity (Wildman–Crippen MR) is 67.9 cm³/mol. The lowest BCUT2D eigenvalue weighted by molar-refractivity contribution is -0.158. The highest BCUT2D eigenvalue weighted by molar-refractivity contribution is 5.96. The summed E-state index contributed by atoms with van der Waals surface area (Å²) >= 11 is 0. The summed E-state index contributed by atoms with van der Waals surface area (Å²) in [4.78, 5) is 24.0. The SMILES string of the molecule is CCCC(=O)C1(O)C(C)=CC=CC1C(=O)OCC. The van der Waals surface area contributed by atoms with Gasteiger partial charge in [-0.3, -0.25) is 9.59 Å². The van der Waals surface area contributed by atoms with Gasteiger partial charge in [-0.05, 0) is 25.8 Å². The zero-order valence-corrected chi connectivity index (χ0v) is 11.1. The molecule has 0 amide bonds. The molecule has 1 aliphatic rings. The second-order valence-electron chi connectivity index (χ2n) is 4.40. The normalized spacial score (nSPS) is 26.7.